The molecule has 6 nitrogen and oxygen atoms in total. The maximum absolute atomic E-state index is 12.4. The van der Waals surface area contributed by atoms with Crippen LogP contribution in [0.5, 0.6) is 5.75 Å². The fraction of sp³-hybridized carbons (Fsp3) is 0.211. The SMILES string of the molecule is C=CCN(c1ccc(C(=O)Nc2cccc(OCC)c2)cc1)S(C)(=O)=O. The monoisotopic (exact) mass is 374 g/mol. The molecule has 0 unspecified atom stereocenters. The van der Waals surface area contributed by atoms with Gasteiger partial charge < -0.3 is 10.1 Å². The highest BCUT2D eigenvalue weighted by Gasteiger charge is 2.16. The number of hydrogen-bond donors (Lipinski definition) is 1. The summed E-state index contributed by atoms with van der Waals surface area (Å²) in [7, 11) is -3.42. The Hall–Kier alpha value is -2.80. The summed E-state index contributed by atoms with van der Waals surface area (Å²) in [6, 6.07) is 13.5. The lowest BCUT2D eigenvalue weighted by atomic mass is 10.2. The van der Waals surface area contributed by atoms with Crippen molar-refractivity contribution < 1.29 is 17.9 Å². The minimum Gasteiger partial charge on any atom is -0.494 e. The molecule has 138 valence electrons. The Kier molecular flexibility index (Phi) is 6.41. The first kappa shape index (κ1) is 19.5. The van der Waals surface area contributed by atoms with Gasteiger partial charge in [0, 0.05) is 17.3 Å². The summed E-state index contributed by atoms with van der Waals surface area (Å²) in [4.78, 5) is 12.4. The highest BCUT2D eigenvalue weighted by Crippen LogP contribution is 2.20. The van der Waals surface area contributed by atoms with E-state index in [0.717, 1.165) is 6.26 Å². The molecule has 0 saturated carbocycles. The lowest BCUT2D eigenvalue weighted by Crippen LogP contribution is -2.29. The number of hydrogen-bond acceptors (Lipinski definition) is 4. The average molecular weight is 374 g/mol. The predicted molar refractivity (Wildman–Crippen MR) is 104 cm³/mol. The van der Waals surface area contributed by atoms with Crippen molar-refractivity contribution in [3.8, 4) is 5.75 Å². The fourth-order valence-corrected chi connectivity index (χ4v) is 3.24. The first-order chi connectivity index (χ1) is 12.3. The minimum atomic E-state index is -3.42. The van der Waals surface area contributed by atoms with E-state index in [2.05, 4.69) is 11.9 Å². The summed E-state index contributed by atoms with van der Waals surface area (Å²) in [5, 5.41) is 2.79. The molecular weight excluding hydrogens is 352 g/mol. The van der Waals surface area contributed by atoms with E-state index >= 15 is 0 Å². The van der Waals surface area contributed by atoms with Gasteiger partial charge in [-0.05, 0) is 43.3 Å². The molecule has 26 heavy (non-hydrogen) atoms. The zero-order valence-electron chi connectivity index (χ0n) is 14.8. The summed E-state index contributed by atoms with van der Waals surface area (Å²) < 4.78 is 30.3. The maximum atomic E-state index is 12.4. The van der Waals surface area contributed by atoms with Gasteiger partial charge in [-0.1, -0.05) is 12.1 Å². The summed E-state index contributed by atoms with van der Waals surface area (Å²) in [6.07, 6.45) is 2.63. The van der Waals surface area contributed by atoms with Crippen molar-refractivity contribution in [2.75, 3.05) is 29.0 Å². The molecule has 7 heteroatoms. The quantitative estimate of drug-likeness (QED) is 0.720. The molecule has 0 bridgehead atoms. The van der Waals surface area contributed by atoms with E-state index in [4.69, 9.17) is 4.74 Å². The number of rotatable bonds is 8. The average Bonchev–Trinajstić information content (AvgIpc) is 2.59. The van der Waals surface area contributed by atoms with Gasteiger partial charge >= 0.3 is 0 Å². The van der Waals surface area contributed by atoms with E-state index in [1.54, 1.807) is 42.5 Å². The van der Waals surface area contributed by atoms with Crippen LogP contribution in [0.25, 0.3) is 0 Å². The molecule has 0 aliphatic carbocycles. The zero-order valence-corrected chi connectivity index (χ0v) is 15.6. The summed E-state index contributed by atoms with van der Waals surface area (Å²) in [5.41, 5.74) is 1.51. The van der Waals surface area contributed by atoms with Gasteiger partial charge in [0.25, 0.3) is 5.91 Å². The molecule has 0 fully saturated rings. The molecule has 0 radical (unpaired) electrons. The van der Waals surface area contributed by atoms with Crippen molar-refractivity contribution >= 4 is 27.3 Å². The van der Waals surface area contributed by atoms with Crippen LogP contribution >= 0.6 is 0 Å². The second kappa shape index (κ2) is 8.53. The number of sulfonamides is 1. The smallest absolute Gasteiger partial charge is 0.255 e. The second-order valence-electron chi connectivity index (χ2n) is 5.54. The Morgan fingerprint density at radius 1 is 1.23 bits per heavy atom. The minimum absolute atomic E-state index is 0.161. The lowest BCUT2D eigenvalue weighted by molar-refractivity contribution is 0.102. The molecule has 0 aromatic heterocycles. The Balaban J connectivity index is 2.15. The number of carbonyl (C=O) groups is 1. The van der Waals surface area contributed by atoms with Gasteiger partial charge in [0.05, 0.1) is 25.1 Å². The van der Waals surface area contributed by atoms with E-state index in [0.29, 0.717) is 29.3 Å². The van der Waals surface area contributed by atoms with Crippen molar-refractivity contribution in [2.24, 2.45) is 0 Å². The number of nitrogens with one attached hydrogen (secondary N) is 1. The third-order valence-corrected chi connectivity index (χ3v) is 4.68. The van der Waals surface area contributed by atoms with Gasteiger partial charge in [-0.25, -0.2) is 8.42 Å². The molecule has 0 heterocycles. The van der Waals surface area contributed by atoms with Gasteiger partial charge in [0.1, 0.15) is 5.75 Å². The fourth-order valence-electron chi connectivity index (χ4n) is 2.36. The highest BCUT2D eigenvalue weighted by molar-refractivity contribution is 7.92. The first-order valence-electron chi connectivity index (χ1n) is 8.08. The van der Waals surface area contributed by atoms with Gasteiger partial charge in [0.15, 0.2) is 0 Å². The molecule has 0 aliphatic rings. The summed E-state index contributed by atoms with van der Waals surface area (Å²) in [5.74, 6) is 0.383. The van der Waals surface area contributed by atoms with E-state index in [-0.39, 0.29) is 12.5 Å². The Bertz CT molecular complexity index is 877. The number of anilines is 2. The van der Waals surface area contributed by atoms with Gasteiger partial charge in [-0.2, -0.15) is 0 Å². The van der Waals surface area contributed by atoms with Crippen molar-refractivity contribution in [1.29, 1.82) is 0 Å². The largest absolute Gasteiger partial charge is 0.494 e. The third-order valence-electron chi connectivity index (χ3n) is 3.52. The Labute approximate surface area is 154 Å². The Morgan fingerprint density at radius 3 is 2.50 bits per heavy atom. The van der Waals surface area contributed by atoms with Gasteiger partial charge in [0.2, 0.25) is 10.0 Å². The first-order valence-corrected chi connectivity index (χ1v) is 9.93. The van der Waals surface area contributed by atoms with Crippen LogP contribution in [0.1, 0.15) is 17.3 Å². The molecular formula is C19H22N2O4S. The Morgan fingerprint density at radius 2 is 1.92 bits per heavy atom. The number of amides is 1. The zero-order chi connectivity index (χ0) is 19.2. The number of carbonyl (C=O) groups excluding carboxylic acids is 1. The van der Waals surface area contributed by atoms with Crippen LogP contribution in [0.4, 0.5) is 11.4 Å². The molecule has 0 aliphatic heterocycles. The highest BCUT2D eigenvalue weighted by atomic mass is 32.2. The van der Waals surface area contributed by atoms with Crippen LogP contribution in [0.2, 0.25) is 0 Å². The van der Waals surface area contributed by atoms with E-state index in [1.165, 1.54) is 10.4 Å². The summed E-state index contributed by atoms with van der Waals surface area (Å²) in [6.45, 7) is 6.16. The standard InChI is InChI=1S/C19H22N2O4S/c1-4-13-21(26(3,23)24)17-11-9-15(10-12-17)19(22)20-16-7-6-8-18(14-16)25-5-2/h4,6-12,14H,1,5,13H2,2-3H3,(H,20,22). The number of ether oxygens (including phenoxy) is 1. The van der Waals surface area contributed by atoms with Crippen LogP contribution in [0.3, 0.4) is 0 Å². The lowest BCUT2D eigenvalue weighted by Gasteiger charge is -2.20. The number of benzene rings is 2. The normalized spacial score (nSPS) is 10.8. The molecule has 2 rings (SSSR count). The number of nitrogens with zero attached hydrogens (tertiary/aromatic N) is 1. The van der Waals surface area contributed by atoms with Crippen molar-refractivity contribution in [3.63, 3.8) is 0 Å². The molecule has 2 aromatic rings. The van der Waals surface area contributed by atoms with E-state index in [1.807, 2.05) is 13.0 Å². The van der Waals surface area contributed by atoms with E-state index < -0.39 is 10.0 Å². The topological polar surface area (TPSA) is 75.7 Å². The van der Waals surface area contributed by atoms with Crippen LogP contribution in [-0.2, 0) is 10.0 Å². The molecule has 1 amide bonds. The van der Waals surface area contributed by atoms with Crippen molar-refractivity contribution in [2.45, 2.75) is 6.92 Å². The molecule has 1 N–H and O–H groups in total. The van der Waals surface area contributed by atoms with Crippen molar-refractivity contribution in [1.82, 2.24) is 0 Å². The molecule has 0 saturated heterocycles. The molecule has 2 aromatic carbocycles. The van der Waals surface area contributed by atoms with Gasteiger partial charge in [-0.15, -0.1) is 6.58 Å². The third kappa shape index (κ3) is 5.10. The van der Waals surface area contributed by atoms with Crippen molar-refractivity contribution in [3.05, 3.63) is 66.7 Å². The second-order valence-corrected chi connectivity index (χ2v) is 7.45. The summed E-state index contributed by atoms with van der Waals surface area (Å²) >= 11 is 0. The molecule has 0 spiro atoms. The van der Waals surface area contributed by atoms with Crippen LogP contribution in [-0.4, -0.2) is 33.7 Å². The van der Waals surface area contributed by atoms with Crippen LogP contribution < -0.4 is 14.4 Å². The maximum Gasteiger partial charge on any atom is 0.255 e. The molecule has 0 atom stereocenters. The van der Waals surface area contributed by atoms with Crippen LogP contribution in [0.15, 0.2) is 61.2 Å². The predicted octanol–water partition coefficient (Wildman–Crippen LogP) is 3.29. The van der Waals surface area contributed by atoms with E-state index in [9.17, 15) is 13.2 Å². The van der Waals surface area contributed by atoms with Gasteiger partial charge in [-0.3, -0.25) is 9.10 Å². The van der Waals surface area contributed by atoms with Crippen LogP contribution in [0, 0.1) is 0 Å².